The van der Waals surface area contributed by atoms with Crippen molar-refractivity contribution in [2.45, 2.75) is 13.2 Å². The van der Waals surface area contributed by atoms with Crippen LogP contribution in [-0.4, -0.2) is 36.4 Å². The Balaban J connectivity index is 0.000000240. The molecule has 0 bridgehead atoms. The number of aliphatic hydroxyl groups is 2. The van der Waals surface area contributed by atoms with Crippen LogP contribution in [0, 0.1) is 0 Å². The van der Waals surface area contributed by atoms with E-state index < -0.39 is 0 Å². The number of carbonyl (C=O) groups excluding carboxylic acids is 2. The Bertz CT molecular complexity index is 587. The van der Waals surface area contributed by atoms with E-state index in [1.165, 1.54) is 14.2 Å². The first kappa shape index (κ1) is 19.3. The van der Waals surface area contributed by atoms with Gasteiger partial charge in [0.2, 0.25) is 0 Å². The highest BCUT2D eigenvalue weighted by molar-refractivity contribution is 5.89. The maximum absolute atomic E-state index is 10.9. The Morgan fingerprint density at radius 3 is 1.21 bits per heavy atom. The Morgan fingerprint density at radius 2 is 1.00 bits per heavy atom. The zero-order chi connectivity index (χ0) is 17.9. The third-order valence-corrected chi connectivity index (χ3v) is 3.12. The van der Waals surface area contributed by atoms with Crippen molar-refractivity contribution in [2.24, 2.45) is 0 Å². The minimum Gasteiger partial charge on any atom is -0.465 e. The zero-order valence-electron chi connectivity index (χ0n) is 13.6. The molecule has 2 N–H and O–H groups in total. The van der Waals surface area contributed by atoms with E-state index >= 15 is 0 Å². The lowest BCUT2D eigenvalue weighted by Crippen LogP contribution is -2.00. The van der Waals surface area contributed by atoms with Crippen LogP contribution in [-0.2, 0) is 22.7 Å². The lowest BCUT2D eigenvalue weighted by Gasteiger charge is -1.99. The molecule has 0 spiro atoms. The smallest absolute Gasteiger partial charge is 0.337 e. The average molecular weight is 332 g/mol. The van der Waals surface area contributed by atoms with Gasteiger partial charge in [-0.3, -0.25) is 0 Å². The first-order chi connectivity index (χ1) is 11.5. The van der Waals surface area contributed by atoms with E-state index in [9.17, 15) is 9.59 Å². The molecule has 0 saturated carbocycles. The first-order valence-corrected chi connectivity index (χ1v) is 7.12. The van der Waals surface area contributed by atoms with Gasteiger partial charge in [0.1, 0.15) is 0 Å². The molecule has 24 heavy (non-hydrogen) atoms. The summed E-state index contributed by atoms with van der Waals surface area (Å²) < 4.78 is 9.02. The molecule has 0 aliphatic rings. The van der Waals surface area contributed by atoms with Gasteiger partial charge in [0.15, 0.2) is 0 Å². The minimum absolute atomic E-state index is 0.0124. The number of carbonyl (C=O) groups is 2. The van der Waals surface area contributed by atoms with Crippen LogP contribution in [0.3, 0.4) is 0 Å². The van der Waals surface area contributed by atoms with Crippen LogP contribution < -0.4 is 0 Å². The average Bonchev–Trinajstić information content (AvgIpc) is 2.67. The molecule has 0 aliphatic carbocycles. The van der Waals surface area contributed by atoms with Gasteiger partial charge in [-0.2, -0.15) is 0 Å². The first-order valence-electron chi connectivity index (χ1n) is 7.12. The second-order valence-corrected chi connectivity index (χ2v) is 4.69. The van der Waals surface area contributed by atoms with Crippen LogP contribution in [0.15, 0.2) is 48.5 Å². The predicted octanol–water partition coefficient (Wildman–Crippen LogP) is 1.93. The van der Waals surface area contributed by atoms with Gasteiger partial charge in [-0.05, 0) is 35.4 Å². The van der Waals surface area contributed by atoms with Gasteiger partial charge in [-0.25, -0.2) is 9.59 Å². The number of hydrogen-bond donors (Lipinski definition) is 2. The van der Waals surface area contributed by atoms with E-state index in [1.54, 1.807) is 48.5 Å². The van der Waals surface area contributed by atoms with Crippen LogP contribution in [0.5, 0.6) is 0 Å². The Labute approximate surface area is 140 Å². The van der Waals surface area contributed by atoms with E-state index in [0.717, 1.165) is 11.1 Å². The molecule has 0 radical (unpaired) electrons. The second kappa shape index (κ2) is 10.1. The van der Waals surface area contributed by atoms with Crippen molar-refractivity contribution < 1.29 is 29.3 Å². The Morgan fingerprint density at radius 1 is 0.708 bits per heavy atom. The van der Waals surface area contributed by atoms with Gasteiger partial charge in [0.25, 0.3) is 0 Å². The van der Waals surface area contributed by atoms with Crippen molar-refractivity contribution in [1.82, 2.24) is 0 Å². The molecule has 6 heteroatoms. The number of hydrogen-bond acceptors (Lipinski definition) is 6. The van der Waals surface area contributed by atoms with Gasteiger partial charge in [-0.1, -0.05) is 24.3 Å². The summed E-state index contributed by atoms with van der Waals surface area (Å²) in [5.41, 5.74) is 2.55. The van der Waals surface area contributed by atoms with Crippen LogP contribution in [0.4, 0.5) is 0 Å². The summed E-state index contributed by atoms with van der Waals surface area (Å²) in [6.07, 6.45) is 0. The summed E-state index contributed by atoms with van der Waals surface area (Å²) in [6, 6.07) is 13.2. The number of esters is 2. The van der Waals surface area contributed by atoms with Crippen molar-refractivity contribution in [1.29, 1.82) is 0 Å². The summed E-state index contributed by atoms with van der Waals surface area (Å²) in [7, 11) is 2.67. The van der Waals surface area contributed by atoms with Crippen molar-refractivity contribution in [2.75, 3.05) is 14.2 Å². The molecule has 0 saturated heterocycles. The second-order valence-electron chi connectivity index (χ2n) is 4.69. The quantitative estimate of drug-likeness (QED) is 0.831. The van der Waals surface area contributed by atoms with Gasteiger partial charge >= 0.3 is 11.9 Å². The van der Waals surface area contributed by atoms with E-state index in [-0.39, 0.29) is 25.2 Å². The molecular formula is C18H20O6. The van der Waals surface area contributed by atoms with Crippen molar-refractivity contribution >= 4 is 11.9 Å². The van der Waals surface area contributed by atoms with Gasteiger partial charge < -0.3 is 19.7 Å². The summed E-state index contributed by atoms with van der Waals surface area (Å²) in [4.78, 5) is 21.9. The number of ether oxygens (including phenoxy) is 2. The lowest BCUT2D eigenvalue weighted by molar-refractivity contribution is 0.0592. The molecule has 0 fully saturated rings. The number of methoxy groups -OCH3 is 2. The van der Waals surface area contributed by atoms with Gasteiger partial charge in [0.05, 0.1) is 38.6 Å². The van der Waals surface area contributed by atoms with Crippen LogP contribution >= 0.6 is 0 Å². The number of benzene rings is 2. The van der Waals surface area contributed by atoms with E-state index in [1.807, 2.05) is 0 Å². The fourth-order valence-corrected chi connectivity index (χ4v) is 1.73. The predicted molar refractivity (Wildman–Crippen MR) is 87.4 cm³/mol. The van der Waals surface area contributed by atoms with Crippen molar-refractivity contribution in [3.05, 3.63) is 70.8 Å². The molecule has 6 nitrogen and oxygen atoms in total. The normalized spacial score (nSPS) is 9.50. The molecule has 2 aromatic carbocycles. The topological polar surface area (TPSA) is 93.1 Å². The number of aliphatic hydroxyl groups excluding tert-OH is 2. The maximum Gasteiger partial charge on any atom is 0.337 e. The molecule has 0 aromatic heterocycles. The fraction of sp³-hybridized carbons (Fsp3) is 0.222. The number of rotatable bonds is 4. The van der Waals surface area contributed by atoms with Gasteiger partial charge in [-0.15, -0.1) is 0 Å². The molecule has 2 aromatic rings. The summed E-state index contributed by atoms with van der Waals surface area (Å²) in [5.74, 6) is -0.723. The molecule has 0 atom stereocenters. The standard InChI is InChI=1S/2C9H10O3/c2*1-12-9(11)8-4-2-7(6-10)3-5-8/h2*2-5,10H,6H2,1H3. The molecule has 0 amide bonds. The minimum atomic E-state index is -0.362. The largest absolute Gasteiger partial charge is 0.465 e. The maximum atomic E-state index is 10.9. The van der Waals surface area contributed by atoms with E-state index in [0.29, 0.717) is 11.1 Å². The fourth-order valence-electron chi connectivity index (χ4n) is 1.73. The lowest BCUT2D eigenvalue weighted by atomic mass is 10.1. The zero-order valence-corrected chi connectivity index (χ0v) is 13.6. The Hall–Kier alpha value is -2.70. The highest BCUT2D eigenvalue weighted by Gasteiger charge is 2.03. The molecule has 0 unspecified atom stereocenters. The summed E-state index contributed by atoms with van der Waals surface area (Å²) >= 11 is 0. The summed E-state index contributed by atoms with van der Waals surface area (Å²) in [5, 5.41) is 17.4. The Kier molecular flexibility index (Phi) is 8.18. The molecular weight excluding hydrogens is 312 g/mol. The molecule has 0 aliphatic heterocycles. The van der Waals surface area contributed by atoms with Crippen LogP contribution in [0.2, 0.25) is 0 Å². The van der Waals surface area contributed by atoms with Crippen LogP contribution in [0.25, 0.3) is 0 Å². The van der Waals surface area contributed by atoms with Gasteiger partial charge in [0, 0.05) is 0 Å². The molecule has 0 heterocycles. The van der Waals surface area contributed by atoms with Crippen molar-refractivity contribution in [3.63, 3.8) is 0 Å². The molecule has 128 valence electrons. The summed E-state index contributed by atoms with van der Waals surface area (Å²) in [6.45, 7) is -0.0249. The SMILES string of the molecule is COC(=O)c1ccc(CO)cc1.COC(=O)c1ccc(CO)cc1. The third kappa shape index (κ3) is 5.83. The third-order valence-electron chi connectivity index (χ3n) is 3.12. The monoisotopic (exact) mass is 332 g/mol. The van der Waals surface area contributed by atoms with Crippen LogP contribution in [0.1, 0.15) is 31.8 Å². The molecule has 2 rings (SSSR count). The van der Waals surface area contributed by atoms with E-state index in [2.05, 4.69) is 9.47 Å². The highest BCUT2D eigenvalue weighted by Crippen LogP contribution is 2.05. The van der Waals surface area contributed by atoms with Crippen molar-refractivity contribution in [3.8, 4) is 0 Å². The highest BCUT2D eigenvalue weighted by atomic mass is 16.5. The van der Waals surface area contributed by atoms with E-state index in [4.69, 9.17) is 10.2 Å².